The highest BCUT2D eigenvalue weighted by atomic mass is 79.9. The number of carbonyl (C=O) groups is 4. The van der Waals surface area contributed by atoms with E-state index in [1.807, 2.05) is 0 Å². The normalized spacial score (nSPS) is 13.8. The van der Waals surface area contributed by atoms with Gasteiger partial charge in [0.05, 0.1) is 22.8 Å². The number of amides is 4. The quantitative estimate of drug-likeness (QED) is 0.254. The number of methoxy groups -OCH3 is 1. The predicted molar refractivity (Wildman–Crippen MR) is 142 cm³/mol. The number of carboxylic acids is 1. The maximum Gasteiger partial charge on any atom is 0.335 e. The van der Waals surface area contributed by atoms with Crippen molar-refractivity contribution in [3.63, 3.8) is 0 Å². The highest BCUT2D eigenvalue weighted by Crippen LogP contribution is 2.28. The molecule has 0 bridgehead atoms. The van der Waals surface area contributed by atoms with E-state index in [0.29, 0.717) is 32.8 Å². The number of benzene rings is 3. The van der Waals surface area contributed by atoms with Gasteiger partial charge < -0.3 is 25.2 Å². The first-order chi connectivity index (χ1) is 18.2. The molecule has 194 valence electrons. The van der Waals surface area contributed by atoms with Crippen LogP contribution >= 0.6 is 15.9 Å². The molecule has 1 fully saturated rings. The summed E-state index contributed by atoms with van der Waals surface area (Å²) >= 11 is 3.43. The molecule has 0 radical (unpaired) electrons. The van der Waals surface area contributed by atoms with E-state index in [1.165, 1.54) is 25.3 Å². The minimum atomic E-state index is -1.02. The summed E-state index contributed by atoms with van der Waals surface area (Å²) in [6.07, 6.45) is 1.49. The van der Waals surface area contributed by atoms with E-state index in [0.717, 1.165) is 4.90 Å². The number of carbonyl (C=O) groups excluding carboxylic acids is 3. The Morgan fingerprint density at radius 2 is 1.84 bits per heavy atom. The third-order valence-electron chi connectivity index (χ3n) is 5.48. The fraction of sp³-hybridized carbons (Fsp3) is 0.111. The molecular weight excluding hydrogens is 558 g/mol. The fourth-order valence-corrected chi connectivity index (χ4v) is 4.15. The summed E-state index contributed by atoms with van der Waals surface area (Å²) in [5.74, 6) is -1.26. The summed E-state index contributed by atoms with van der Waals surface area (Å²) in [4.78, 5) is 49.6. The van der Waals surface area contributed by atoms with Gasteiger partial charge >= 0.3 is 12.0 Å². The van der Waals surface area contributed by atoms with E-state index in [9.17, 15) is 19.2 Å². The second-order valence-electron chi connectivity index (χ2n) is 8.11. The van der Waals surface area contributed by atoms with Crippen molar-refractivity contribution in [2.75, 3.05) is 19.0 Å². The van der Waals surface area contributed by atoms with Gasteiger partial charge in [-0.15, -0.1) is 0 Å². The average molecular weight is 580 g/mol. The van der Waals surface area contributed by atoms with Gasteiger partial charge in [-0.2, -0.15) is 0 Å². The fourth-order valence-electron chi connectivity index (χ4n) is 3.64. The molecule has 1 aliphatic rings. The van der Waals surface area contributed by atoms with Crippen LogP contribution in [0.15, 0.2) is 76.9 Å². The number of para-hydroxylation sites is 2. The van der Waals surface area contributed by atoms with Gasteiger partial charge in [0.15, 0.2) is 0 Å². The molecule has 0 saturated carbocycles. The van der Waals surface area contributed by atoms with Gasteiger partial charge in [-0.05, 0) is 69.5 Å². The molecule has 1 saturated heterocycles. The van der Waals surface area contributed by atoms with E-state index >= 15 is 0 Å². The first kappa shape index (κ1) is 26.4. The number of urea groups is 1. The number of rotatable bonds is 9. The van der Waals surface area contributed by atoms with Crippen molar-refractivity contribution in [1.29, 1.82) is 0 Å². The highest BCUT2D eigenvalue weighted by Gasteiger charge is 2.35. The molecule has 4 rings (SSSR count). The Bertz CT molecular complexity index is 1450. The van der Waals surface area contributed by atoms with Crippen LogP contribution in [0, 0.1) is 0 Å². The maximum atomic E-state index is 12.8. The number of carboxylic acid groups (broad SMARTS) is 1. The third-order valence-corrected chi connectivity index (χ3v) is 6.10. The molecule has 4 amide bonds. The molecule has 0 unspecified atom stereocenters. The standard InChI is InChI=1S/C27H22BrN3O7/c1-37-23-8-3-2-7-20(23)29-24(32)14-31-25(33)21(30-27(31)36)13-16-9-10-22(19(28)12-16)38-15-17-5-4-6-18(11-17)26(34)35/h2-13H,14-15H2,1H3,(H,29,32)(H,30,36)(H,34,35)/b21-13+. The molecule has 3 aromatic rings. The molecule has 10 nitrogen and oxygen atoms in total. The Balaban J connectivity index is 1.40. The van der Waals surface area contributed by atoms with Crippen LogP contribution in [0.4, 0.5) is 10.5 Å². The van der Waals surface area contributed by atoms with Crippen LogP contribution in [0.5, 0.6) is 11.5 Å². The van der Waals surface area contributed by atoms with Crippen molar-refractivity contribution in [3.05, 3.63) is 93.6 Å². The zero-order valence-corrected chi connectivity index (χ0v) is 21.7. The molecule has 11 heteroatoms. The molecule has 0 atom stereocenters. The Morgan fingerprint density at radius 1 is 1.05 bits per heavy atom. The number of halogens is 1. The van der Waals surface area contributed by atoms with Crippen LogP contribution in [0.3, 0.4) is 0 Å². The average Bonchev–Trinajstić information content (AvgIpc) is 3.15. The maximum absolute atomic E-state index is 12.8. The van der Waals surface area contributed by atoms with Crippen molar-refractivity contribution in [2.24, 2.45) is 0 Å². The van der Waals surface area contributed by atoms with Crippen molar-refractivity contribution >= 4 is 51.5 Å². The number of anilines is 1. The van der Waals surface area contributed by atoms with Crippen molar-refractivity contribution < 1.29 is 33.8 Å². The topological polar surface area (TPSA) is 134 Å². The van der Waals surface area contributed by atoms with Crippen LogP contribution in [-0.2, 0) is 16.2 Å². The Hall–Kier alpha value is -4.64. The van der Waals surface area contributed by atoms with Crippen molar-refractivity contribution in [3.8, 4) is 11.5 Å². The Kier molecular flexibility index (Phi) is 8.07. The van der Waals surface area contributed by atoms with Gasteiger partial charge in [-0.1, -0.05) is 30.3 Å². The first-order valence-electron chi connectivity index (χ1n) is 11.3. The lowest BCUT2D eigenvalue weighted by molar-refractivity contribution is -0.127. The largest absolute Gasteiger partial charge is 0.495 e. The summed E-state index contributed by atoms with van der Waals surface area (Å²) in [6.45, 7) is -0.319. The van der Waals surface area contributed by atoms with Gasteiger partial charge in [0.2, 0.25) is 5.91 Å². The second kappa shape index (κ2) is 11.6. The summed E-state index contributed by atoms with van der Waals surface area (Å²) in [6, 6.07) is 17.6. The monoisotopic (exact) mass is 579 g/mol. The van der Waals surface area contributed by atoms with Gasteiger partial charge in [0, 0.05) is 0 Å². The molecule has 1 heterocycles. The van der Waals surface area contributed by atoms with Gasteiger partial charge in [-0.25, -0.2) is 14.5 Å². The molecule has 0 aliphatic carbocycles. The van der Waals surface area contributed by atoms with Crippen LogP contribution in [0.25, 0.3) is 6.08 Å². The predicted octanol–water partition coefficient (Wildman–Crippen LogP) is 4.27. The van der Waals surface area contributed by atoms with Crippen molar-refractivity contribution in [2.45, 2.75) is 6.61 Å². The lowest BCUT2D eigenvalue weighted by Crippen LogP contribution is -2.38. The van der Waals surface area contributed by atoms with E-state index < -0.39 is 30.4 Å². The summed E-state index contributed by atoms with van der Waals surface area (Å²) in [5.41, 5.74) is 1.90. The van der Waals surface area contributed by atoms with Crippen LogP contribution in [0.2, 0.25) is 0 Å². The number of nitrogens with zero attached hydrogens (tertiary/aromatic N) is 1. The smallest absolute Gasteiger partial charge is 0.335 e. The van der Waals surface area contributed by atoms with Gasteiger partial charge in [-0.3, -0.25) is 9.59 Å². The number of hydrogen-bond donors (Lipinski definition) is 3. The molecule has 38 heavy (non-hydrogen) atoms. The molecule has 0 aromatic heterocycles. The molecule has 1 aliphatic heterocycles. The number of nitrogens with one attached hydrogen (secondary N) is 2. The van der Waals surface area contributed by atoms with Crippen molar-refractivity contribution in [1.82, 2.24) is 10.2 Å². The lowest BCUT2D eigenvalue weighted by atomic mass is 10.1. The minimum Gasteiger partial charge on any atom is -0.495 e. The molecular formula is C27H22BrN3O7. The lowest BCUT2D eigenvalue weighted by Gasteiger charge is -2.13. The molecule has 3 aromatic carbocycles. The third kappa shape index (κ3) is 6.19. The molecule has 0 spiro atoms. The SMILES string of the molecule is COc1ccccc1NC(=O)CN1C(=O)N/C(=C/c2ccc(OCc3cccc(C(=O)O)c3)c(Br)c2)C1=O. The van der Waals surface area contributed by atoms with Crippen LogP contribution < -0.4 is 20.1 Å². The number of imide groups is 1. The number of aromatic carboxylic acids is 1. The van der Waals surface area contributed by atoms with E-state index in [-0.39, 0.29) is 17.9 Å². The highest BCUT2D eigenvalue weighted by molar-refractivity contribution is 9.10. The molecule has 3 N–H and O–H groups in total. The summed E-state index contributed by atoms with van der Waals surface area (Å²) in [5, 5.41) is 14.3. The summed E-state index contributed by atoms with van der Waals surface area (Å²) < 4.78 is 11.6. The van der Waals surface area contributed by atoms with Crippen LogP contribution in [0.1, 0.15) is 21.5 Å². The number of ether oxygens (including phenoxy) is 2. The number of hydrogen-bond acceptors (Lipinski definition) is 6. The van der Waals surface area contributed by atoms with Crippen LogP contribution in [-0.4, -0.2) is 47.5 Å². The van der Waals surface area contributed by atoms with Gasteiger partial charge in [0.1, 0.15) is 30.3 Å². The zero-order chi connectivity index (χ0) is 27.2. The van der Waals surface area contributed by atoms with E-state index in [4.69, 9.17) is 14.6 Å². The summed E-state index contributed by atoms with van der Waals surface area (Å²) in [7, 11) is 1.47. The van der Waals surface area contributed by atoms with Gasteiger partial charge in [0.25, 0.3) is 5.91 Å². The minimum absolute atomic E-state index is 0.0196. The zero-order valence-electron chi connectivity index (χ0n) is 20.1. The Morgan fingerprint density at radius 3 is 2.58 bits per heavy atom. The van der Waals surface area contributed by atoms with E-state index in [1.54, 1.807) is 54.6 Å². The van der Waals surface area contributed by atoms with E-state index in [2.05, 4.69) is 26.6 Å². The first-order valence-corrected chi connectivity index (χ1v) is 12.1. The Labute approximate surface area is 226 Å². The second-order valence-corrected chi connectivity index (χ2v) is 8.97.